The molecule has 2 aromatic carbocycles. The zero-order valence-electron chi connectivity index (χ0n) is 17.0. The maximum atomic E-state index is 13.0. The molecule has 1 amide bonds. The average Bonchev–Trinajstić information content (AvgIpc) is 2.81. The van der Waals surface area contributed by atoms with Crippen LogP contribution in [0.15, 0.2) is 47.4 Å². The topological polar surface area (TPSA) is 107 Å². The van der Waals surface area contributed by atoms with Gasteiger partial charge >= 0.3 is 5.97 Å². The van der Waals surface area contributed by atoms with Crippen molar-refractivity contribution >= 4 is 35.1 Å². The van der Waals surface area contributed by atoms with Crippen molar-refractivity contribution in [1.82, 2.24) is 4.90 Å². The summed E-state index contributed by atoms with van der Waals surface area (Å²) < 4.78 is 5.17. The second kappa shape index (κ2) is 10.2. The Balaban J connectivity index is 1.78. The predicted octanol–water partition coefficient (Wildman–Crippen LogP) is 3.72. The molecule has 1 aliphatic rings. The highest BCUT2D eigenvalue weighted by molar-refractivity contribution is 7.98. The number of nitrogens with zero attached hydrogens (tertiary/aromatic N) is 2. The first-order valence-electron chi connectivity index (χ1n) is 9.83. The van der Waals surface area contributed by atoms with Crippen LogP contribution in [-0.4, -0.2) is 53.4 Å². The highest BCUT2D eigenvalue weighted by atomic mass is 32.2. The highest BCUT2D eigenvalue weighted by Gasteiger charge is 2.24. The van der Waals surface area contributed by atoms with E-state index in [1.165, 1.54) is 42.1 Å². The molecule has 162 valence electrons. The molecule has 1 saturated heterocycles. The molecule has 0 aromatic heterocycles. The van der Waals surface area contributed by atoms with E-state index in [4.69, 9.17) is 4.74 Å². The van der Waals surface area contributed by atoms with Gasteiger partial charge in [0.05, 0.1) is 15.4 Å². The van der Waals surface area contributed by atoms with Crippen LogP contribution in [-0.2, 0) is 9.53 Å². The van der Waals surface area contributed by atoms with E-state index >= 15 is 0 Å². The van der Waals surface area contributed by atoms with Gasteiger partial charge in [-0.25, -0.2) is 4.79 Å². The molecule has 0 saturated carbocycles. The Morgan fingerprint density at radius 2 is 1.74 bits per heavy atom. The molecular formula is C22H22N2O6S. The Bertz CT molecular complexity index is 1020. The number of carbonyl (C=O) groups is 3. The van der Waals surface area contributed by atoms with E-state index in [0.717, 1.165) is 19.3 Å². The van der Waals surface area contributed by atoms with Crippen LogP contribution in [0.25, 0.3) is 0 Å². The molecule has 0 bridgehead atoms. The lowest BCUT2D eigenvalue weighted by Gasteiger charge is -2.26. The number of rotatable bonds is 7. The highest BCUT2D eigenvalue weighted by Crippen LogP contribution is 2.29. The van der Waals surface area contributed by atoms with Crippen molar-refractivity contribution in [3.8, 4) is 0 Å². The molecule has 0 spiro atoms. The summed E-state index contributed by atoms with van der Waals surface area (Å²) in [6, 6.07) is 10.3. The second-order valence-corrected chi connectivity index (χ2v) is 7.88. The molecular weight excluding hydrogens is 420 g/mol. The summed E-state index contributed by atoms with van der Waals surface area (Å²) in [6.45, 7) is 0.905. The van der Waals surface area contributed by atoms with Crippen molar-refractivity contribution in [1.29, 1.82) is 0 Å². The molecule has 2 aromatic rings. The number of ether oxygens (including phenoxy) is 1. The Morgan fingerprint density at radius 1 is 1.06 bits per heavy atom. The fraction of sp³-hybridized carbons (Fsp3) is 0.318. The number of hydrogen-bond acceptors (Lipinski definition) is 7. The van der Waals surface area contributed by atoms with Gasteiger partial charge in [0.1, 0.15) is 0 Å². The van der Waals surface area contributed by atoms with Crippen molar-refractivity contribution in [3.63, 3.8) is 0 Å². The van der Waals surface area contributed by atoms with Gasteiger partial charge in [-0.3, -0.25) is 19.7 Å². The normalized spacial score (nSPS) is 13.5. The monoisotopic (exact) mass is 442 g/mol. The van der Waals surface area contributed by atoms with Crippen LogP contribution in [0.4, 0.5) is 5.69 Å². The number of nitro groups is 1. The van der Waals surface area contributed by atoms with Gasteiger partial charge in [0.15, 0.2) is 12.4 Å². The van der Waals surface area contributed by atoms with Crippen LogP contribution >= 0.6 is 11.8 Å². The smallest absolute Gasteiger partial charge is 0.339 e. The minimum Gasteiger partial charge on any atom is -0.452 e. The van der Waals surface area contributed by atoms with Crippen LogP contribution in [0.2, 0.25) is 0 Å². The molecule has 8 nitrogen and oxygen atoms in total. The van der Waals surface area contributed by atoms with E-state index in [0.29, 0.717) is 18.0 Å². The number of nitro benzene ring substituents is 1. The second-order valence-electron chi connectivity index (χ2n) is 7.04. The van der Waals surface area contributed by atoms with Gasteiger partial charge in [-0.2, -0.15) is 0 Å². The zero-order chi connectivity index (χ0) is 22.4. The summed E-state index contributed by atoms with van der Waals surface area (Å²) in [6.07, 6.45) is 4.65. The molecule has 0 N–H and O–H groups in total. The van der Waals surface area contributed by atoms with Crippen molar-refractivity contribution < 1.29 is 24.0 Å². The van der Waals surface area contributed by atoms with E-state index in [-0.39, 0.29) is 28.3 Å². The number of esters is 1. The van der Waals surface area contributed by atoms with E-state index < -0.39 is 23.3 Å². The van der Waals surface area contributed by atoms with Gasteiger partial charge < -0.3 is 9.64 Å². The molecule has 0 atom stereocenters. The maximum Gasteiger partial charge on any atom is 0.339 e. The van der Waals surface area contributed by atoms with Crippen LogP contribution in [0.1, 0.15) is 45.5 Å². The number of ketones is 1. The third kappa shape index (κ3) is 5.29. The Morgan fingerprint density at radius 3 is 2.39 bits per heavy atom. The quantitative estimate of drug-likeness (QED) is 0.211. The standard InChI is InChI=1S/C22H22N2O6S/c1-31-19-10-9-15(13-18(19)24(28)29)21(26)16-7-3-4-8-17(16)22(27)30-14-20(25)23-11-5-2-6-12-23/h3-4,7-10,13H,2,5-6,11-12,14H2,1H3. The lowest BCUT2D eigenvalue weighted by molar-refractivity contribution is -0.387. The molecule has 1 fully saturated rings. The first-order chi connectivity index (χ1) is 14.9. The summed E-state index contributed by atoms with van der Waals surface area (Å²) in [7, 11) is 0. The zero-order valence-corrected chi connectivity index (χ0v) is 17.9. The van der Waals surface area contributed by atoms with Crippen molar-refractivity contribution in [2.45, 2.75) is 24.2 Å². The van der Waals surface area contributed by atoms with Crippen LogP contribution in [0.3, 0.4) is 0 Å². The first kappa shape index (κ1) is 22.5. The lowest BCUT2D eigenvalue weighted by Crippen LogP contribution is -2.38. The molecule has 31 heavy (non-hydrogen) atoms. The molecule has 1 aliphatic heterocycles. The Kier molecular flexibility index (Phi) is 7.41. The fourth-order valence-corrected chi connectivity index (χ4v) is 3.97. The molecule has 9 heteroatoms. The van der Waals surface area contributed by atoms with Gasteiger partial charge in [-0.15, -0.1) is 11.8 Å². The van der Waals surface area contributed by atoms with E-state index in [2.05, 4.69) is 0 Å². The van der Waals surface area contributed by atoms with Crippen LogP contribution in [0.5, 0.6) is 0 Å². The maximum absolute atomic E-state index is 13.0. The van der Waals surface area contributed by atoms with Crippen molar-refractivity contribution in [3.05, 3.63) is 69.3 Å². The Labute approximate surface area is 183 Å². The molecule has 3 rings (SSSR count). The molecule has 0 radical (unpaired) electrons. The minimum atomic E-state index is -0.787. The first-order valence-corrected chi connectivity index (χ1v) is 11.1. The number of thioether (sulfide) groups is 1. The summed E-state index contributed by atoms with van der Waals surface area (Å²) in [5.41, 5.74) is -0.0145. The number of piperidine rings is 1. The summed E-state index contributed by atoms with van der Waals surface area (Å²) in [4.78, 5) is 50.8. The fourth-order valence-electron chi connectivity index (χ4n) is 3.43. The van der Waals surface area contributed by atoms with E-state index in [1.54, 1.807) is 23.3 Å². The number of carbonyl (C=O) groups excluding carboxylic acids is 3. The molecule has 0 aliphatic carbocycles. The third-order valence-electron chi connectivity index (χ3n) is 5.06. The number of amides is 1. The van der Waals surface area contributed by atoms with Crippen LogP contribution < -0.4 is 0 Å². The number of hydrogen-bond donors (Lipinski definition) is 0. The van der Waals surface area contributed by atoms with Gasteiger partial charge in [-0.05, 0) is 43.7 Å². The minimum absolute atomic E-state index is 0.00976. The van der Waals surface area contributed by atoms with Gasteiger partial charge in [0, 0.05) is 30.3 Å². The van der Waals surface area contributed by atoms with E-state index in [1.807, 2.05) is 0 Å². The van der Waals surface area contributed by atoms with Gasteiger partial charge in [0.2, 0.25) is 0 Å². The largest absolute Gasteiger partial charge is 0.452 e. The molecule has 1 heterocycles. The SMILES string of the molecule is CSc1ccc(C(=O)c2ccccc2C(=O)OCC(=O)N2CCCCC2)cc1[N+](=O)[O-]. The summed E-state index contributed by atoms with van der Waals surface area (Å²) >= 11 is 1.21. The van der Waals surface area contributed by atoms with Crippen LogP contribution in [0, 0.1) is 10.1 Å². The van der Waals surface area contributed by atoms with Crippen molar-refractivity contribution in [2.24, 2.45) is 0 Å². The average molecular weight is 442 g/mol. The Hall–Kier alpha value is -3.20. The number of likely N-dealkylation sites (tertiary alicyclic amines) is 1. The van der Waals surface area contributed by atoms with Gasteiger partial charge in [0.25, 0.3) is 11.6 Å². The predicted molar refractivity (Wildman–Crippen MR) is 115 cm³/mol. The molecule has 0 unspecified atom stereocenters. The van der Waals surface area contributed by atoms with E-state index in [9.17, 15) is 24.5 Å². The third-order valence-corrected chi connectivity index (χ3v) is 5.85. The summed E-state index contributed by atoms with van der Waals surface area (Å²) in [5, 5.41) is 11.3. The van der Waals surface area contributed by atoms with Crippen molar-refractivity contribution in [2.75, 3.05) is 26.0 Å². The lowest BCUT2D eigenvalue weighted by atomic mass is 9.98. The number of benzene rings is 2. The summed E-state index contributed by atoms with van der Waals surface area (Å²) in [5.74, 6) is -1.59. The van der Waals surface area contributed by atoms with Gasteiger partial charge in [-0.1, -0.05) is 18.2 Å².